The van der Waals surface area contributed by atoms with E-state index in [1.165, 1.54) is 7.11 Å². The largest absolute Gasteiger partial charge is 0.469 e. The van der Waals surface area contributed by atoms with Gasteiger partial charge in [-0.1, -0.05) is 77.0 Å². The van der Waals surface area contributed by atoms with Gasteiger partial charge in [0.05, 0.1) is 45.1 Å². The number of carbonyl (C=O) groups excluding carboxylic acids is 1. The van der Waals surface area contributed by atoms with Crippen molar-refractivity contribution in [3.63, 3.8) is 0 Å². The number of hydrogen-bond donors (Lipinski definition) is 9. The van der Waals surface area contributed by atoms with Gasteiger partial charge in [-0.2, -0.15) is 0 Å². The van der Waals surface area contributed by atoms with E-state index in [-0.39, 0.29) is 18.6 Å². The summed E-state index contributed by atoms with van der Waals surface area (Å²) in [5, 5.41) is 89.5. The van der Waals surface area contributed by atoms with Crippen LogP contribution >= 0.6 is 0 Å². The molecule has 0 saturated carbocycles. The molecule has 0 bridgehead atoms. The molecule has 2 aliphatic rings. The first-order valence-corrected chi connectivity index (χ1v) is 18.6. The van der Waals surface area contributed by atoms with Crippen molar-refractivity contribution in [3.05, 3.63) is 0 Å². The first-order chi connectivity index (χ1) is 23.9. The summed E-state index contributed by atoms with van der Waals surface area (Å²) in [7, 11) is 1.27. The molecule has 2 heterocycles. The normalized spacial score (nSPS) is 32.1. The van der Waals surface area contributed by atoms with E-state index in [1.807, 2.05) is 0 Å². The van der Waals surface area contributed by atoms with E-state index >= 15 is 0 Å². The molecule has 15 nitrogen and oxygen atoms in total. The maximum Gasteiger partial charge on any atom is 0.308 e. The highest BCUT2D eigenvalue weighted by Gasteiger charge is 2.46. The highest BCUT2D eigenvalue weighted by atomic mass is 16.7. The van der Waals surface area contributed by atoms with Gasteiger partial charge in [-0.15, -0.1) is 0 Å². The zero-order valence-corrected chi connectivity index (χ0v) is 29.9. The molecule has 296 valence electrons. The summed E-state index contributed by atoms with van der Waals surface area (Å²) in [5.41, 5.74) is 0. The van der Waals surface area contributed by atoms with Gasteiger partial charge in [0.1, 0.15) is 48.8 Å². The average molecular weight is 727 g/mol. The first-order valence-electron chi connectivity index (χ1n) is 18.6. The summed E-state index contributed by atoms with van der Waals surface area (Å²) in [6.45, 7) is 0.689. The third-order valence-electron chi connectivity index (χ3n) is 9.67. The predicted molar refractivity (Wildman–Crippen MR) is 179 cm³/mol. The zero-order valence-electron chi connectivity index (χ0n) is 29.9. The summed E-state index contributed by atoms with van der Waals surface area (Å²) < 4.78 is 27.7. The molecule has 0 aromatic heterocycles. The van der Waals surface area contributed by atoms with Gasteiger partial charge in [-0.25, -0.2) is 0 Å². The van der Waals surface area contributed by atoms with Crippen LogP contribution in [0.25, 0.3) is 0 Å². The van der Waals surface area contributed by atoms with Crippen LogP contribution < -0.4 is 0 Å². The predicted octanol–water partition coefficient (Wildman–Crippen LogP) is 0.542. The molecule has 2 aliphatic heterocycles. The smallest absolute Gasteiger partial charge is 0.308 e. The number of hydrogen-bond acceptors (Lipinski definition) is 15. The molecule has 0 spiro atoms. The molecule has 0 radical (unpaired) electrons. The number of aliphatic hydroxyl groups is 9. The molecule has 0 aromatic carbocycles. The summed E-state index contributed by atoms with van der Waals surface area (Å²) in [6, 6.07) is 0. The molecule has 2 rings (SSSR count). The van der Waals surface area contributed by atoms with E-state index < -0.39 is 86.7 Å². The summed E-state index contributed by atoms with van der Waals surface area (Å²) in [6.07, 6.45) is -0.589. The maximum atomic E-state index is 12.0. The lowest BCUT2D eigenvalue weighted by Crippen LogP contribution is -2.59. The van der Waals surface area contributed by atoms with Crippen molar-refractivity contribution < 1.29 is 74.4 Å². The first kappa shape index (κ1) is 45.1. The van der Waals surface area contributed by atoms with Crippen molar-refractivity contribution in [2.24, 2.45) is 0 Å². The monoisotopic (exact) mass is 726 g/mol. The van der Waals surface area contributed by atoms with Crippen LogP contribution in [0.4, 0.5) is 0 Å². The number of rotatable bonds is 26. The van der Waals surface area contributed by atoms with Crippen LogP contribution in [0, 0.1) is 0 Å². The molecule has 50 heavy (non-hydrogen) atoms. The SMILES string of the molecule is COC(=O)C[C@H](CCCCCCCCCCC[C@H](CCCCC[C@H](C)O)O[C@H]1O[C@@H](CO)[C@@H](O)[C@@H](O)[C@H]1O)O[C@H]1O[C@@H](CO)[C@@H](O)[C@@H](O)[C@H]1O. The quantitative estimate of drug-likeness (QED) is 0.0436. The number of esters is 1. The number of unbranched alkanes of at least 4 members (excludes halogenated alkanes) is 10. The van der Waals surface area contributed by atoms with Crippen LogP contribution in [0.3, 0.4) is 0 Å². The fraction of sp³-hybridized carbons (Fsp3) is 0.971. The molecule has 13 atom stereocenters. The van der Waals surface area contributed by atoms with Gasteiger partial charge in [0.15, 0.2) is 12.6 Å². The standard InChI is InChI=1S/C35H66O15/c1-22(38)15-11-10-14-17-23(47-34-32(44)30(42)28(40)25(20-36)49-34)16-12-8-6-4-3-5-7-9-13-18-24(19-27(39)46-2)48-35-33(45)31(43)29(41)26(21-37)50-35/h22-26,28-38,40-45H,3-21H2,1-2H3/t22-,23+,24-,25-,26-,28+,29+,30+,31+,32+,33+,34-,35-/m0/s1. The summed E-state index contributed by atoms with van der Waals surface area (Å²) in [4.78, 5) is 12.0. The molecule has 0 amide bonds. The van der Waals surface area contributed by atoms with Crippen molar-refractivity contribution in [2.75, 3.05) is 20.3 Å². The lowest BCUT2D eigenvalue weighted by Gasteiger charge is -2.41. The van der Waals surface area contributed by atoms with E-state index in [1.54, 1.807) is 6.92 Å². The van der Waals surface area contributed by atoms with Crippen LogP contribution in [0.5, 0.6) is 0 Å². The van der Waals surface area contributed by atoms with Crippen molar-refractivity contribution in [1.82, 2.24) is 0 Å². The lowest BCUT2D eigenvalue weighted by molar-refractivity contribution is -0.312. The van der Waals surface area contributed by atoms with Crippen LogP contribution in [-0.2, 0) is 28.5 Å². The van der Waals surface area contributed by atoms with E-state index in [4.69, 9.17) is 23.7 Å². The van der Waals surface area contributed by atoms with E-state index in [2.05, 4.69) is 0 Å². The van der Waals surface area contributed by atoms with Gasteiger partial charge in [0, 0.05) is 0 Å². The summed E-state index contributed by atoms with van der Waals surface area (Å²) >= 11 is 0. The second-order valence-corrected chi connectivity index (χ2v) is 13.9. The van der Waals surface area contributed by atoms with Crippen molar-refractivity contribution in [2.45, 2.75) is 196 Å². The summed E-state index contributed by atoms with van der Waals surface area (Å²) in [5.74, 6) is -0.487. The van der Waals surface area contributed by atoms with E-state index in [9.17, 15) is 50.8 Å². The maximum absolute atomic E-state index is 12.0. The van der Waals surface area contributed by atoms with Crippen LogP contribution in [-0.4, -0.2) is 152 Å². The minimum absolute atomic E-state index is 0.0665. The van der Waals surface area contributed by atoms with Crippen LogP contribution in [0.15, 0.2) is 0 Å². The molecular formula is C35H66O15. The lowest BCUT2D eigenvalue weighted by atomic mass is 9.98. The van der Waals surface area contributed by atoms with Gasteiger partial charge < -0.3 is 69.6 Å². The Hall–Kier alpha value is -1.05. The molecule has 0 aliphatic carbocycles. The van der Waals surface area contributed by atoms with Gasteiger partial charge in [0.2, 0.25) is 0 Å². The minimum Gasteiger partial charge on any atom is -0.469 e. The van der Waals surface area contributed by atoms with Gasteiger partial charge in [-0.05, 0) is 32.6 Å². The Balaban J connectivity index is 1.68. The van der Waals surface area contributed by atoms with Crippen molar-refractivity contribution >= 4 is 5.97 Å². The second kappa shape index (κ2) is 25.1. The fourth-order valence-corrected chi connectivity index (χ4v) is 6.48. The Bertz CT molecular complexity index is 877. The Morgan fingerprint density at radius 2 is 0.920 bits per heavy atom. The Kier molecular flexibility index (Phi) is 22.6. The van der Waals surface area contributed by atoms with Gasteiger partial charge >= 0.3 is 5.97 Å². The van der Waals surface area contributed by atoms with Crippen molar-refractivity contribution in [1.29, 1.82) is 0 Å². The second-order valence-electron chi connectivity index (χ2n) is 13.9. The number of methoxy groups -OCH3 is 1. The highest BCUT2D eigenvalue weighted by molar-refractivity contribution is 5.69. The van der Waals surface area contributed by atoms with E-state index in [0.717, 1.165) is 96.3 Å². The molecule has 0 aromatic rings. The molecule has 2 saturated heterocycles. The number of ether oxygens (including phenoxy) is 5. The van der Waals surface area contributed by atoms with Crippen LogP contribution in [0.1, 0.15) is 116 Å². The third-order valence-corrected chi connectivity index (χ3v) is 9.67. The molecule has 0 unspecified atom stereocenters. The topological polar surface area (TPSA) is 245 Å². The third kappa shape index (κ3) is 15.9. The van der Waals surface area contributed by atoms with E-state index in [0.29, 0.717) is 6.42 Å². The minimum atomic E-state index is -1.56. The van der Waals surface area contributed by atoms with Crippen molar-refractivity contribution in [3.8, 4) is 0 Å². The molecule has 15 heteroatoms. The number of carbonyl (C=O) groups is 1. The Morgan fingerprint density at radius 3 is 1.32 bits per heavy atom. The van der Waals surface area contributed by atoms with Crippen LogP contribution in [0.2, 0.25) is 0 Å². The fourth-order valence-electron chi connectivity index (χ4n) is 6.48. The zero-order chi connectivity index (χ0) is 37.1. The van der Waals surface area contributed by atoms with Gasteiger partial charge in [-0.3, -0.25) is 4.79 Å². The Morgan fingerprint density at radius 1 is 0.560 bits per heavy atom. The molecule has 9 N–H and O–H groups in total. The molecular weight excluding hydrogens is 660 g/mol. The average Bonchev–Trinajstić information content (AvgIpc) is 3.10. The number of aliphatic hydroxyl groups excluding tert-OH is 9. The van der Waals surface area contributed by atoms with Gasteiger partial charge in [0.25, 0.3) is 0 Å². The highest BCUT2D eigenvalue weighted by Crippen LogP contribution is 2.27. The molecule has 2 fully saturated rings. The Labute approximate surface area is 296 Å².